The summed E-state index contributed by atoms with van der Waals surface area (Å²) < 4.78 is 5.78. The molecule has 1 spiro atoms. The summed E-state index contributed by atoms with van der Waals surface area (Å²) in [5.74, 6) is -0.215. The molecule has 3 aromatic rings. The van der Waals surface area contributed by atoms with Crippen LogP contribution in [0.15, 0.2) is 52.9 Å². The molecule has 1 aliphatic heterocycles. The van der Waals surface area contributed by atoms with Gasteiger partial charge in [0.2, 0.25) is 11.8 Å². The minimum Gasteiger partial charge on any atom is -0.416 e. The van der Waals surface area contributed by atoms with Gasteiger partial charge in [-0.05, 0) is 56.2 Å². The summed E-state index contributed by atoms with van der Waals surface area (Å²) in [5.41, 5.74) is 4.40. The average Bonchev–Trinajstić information content (AvgIpc) is 3.40. The zero-order chi connectivity index (χ0) is 23.0. The molecule has 5 rings (SSSR count). The van der Waals surface area contributed by atoms with Gasteiger partial charge in [0.1, 0.15) is 5.54 Å². The standard InChI is InChI=1S/C24H23N5O4/c1-15-6-5-7-18(14-15)21-27-26-20(33-21)17-10-8-16(9-11-17)19(30)28-29-22(31)24(25-23(29)32)12-3-2-4-13-24/h5-11,14H,2-4,12-13H2,1H3,(H,25,32)(H,28,30). The lowest BCUT2D eigenvalue weighted by Gasteiger charge is -2.30. The van der Waals surface area contributed by atoms with Gasteiger partial charge in [-0.3, -0.25) is 15.0 Å². The number of nitrogens with one attached hydrogen (secondary N) is 2. The molecule has 2 N–H and O–H groups in total. The number of aryl methyl sites for hydroxylation is 1. The van der Waals surface area contributed by atoms with E-state index in [2.05, 4.69) is 20.9 Å². The number of amides is 4. The predicted molar refractivity (Wildman–Crippen MR) is 119 cm³/mol. The van der Waals surface area contributed by atoms with Crippen LogP contribution in [0.3, 0.4) is 0 Å². The number of hydrogen-bond donors (Lipinski definition) is 2. The summed E-state index contributed by atoms with van der Waals surface area (Å²) >= 11 is 0. The van der Waals surface area contributed by atoms with Gasteiger partial charge in [-0.1, -0.05) is 37.0 Å². The lowest BCUT2D eigenvalue weighted by molar-refractivity contribution is -0.134. The number of hydrazine groups is 1. The third-order valence-corrected chi connectivity index (χ3v) is 6.17. The molecule has 9 nitrogen and oxygen atoms in total. The van der Waals surface area contributed by atoms with Crippen LogP contribution in [0.2, 0.25) is 0 Å². The molecule has 0 radical (unpaired) electrons. The van der Waals surface area contributed by atoms with Crippen molar-refractivity contribution in [1.82, 2.24) is 25.9 Å². The molecule has 1 saturated carbocycles. The Kier molecular flexibility index (Phi) is 5.16. The van der Waals surface area contributed by atoms with Crippen molar-refractivity contribution in [2.45, 2.75) is 44.6 Å². The number of hydrogen-bond acceptors (Lipinski definition) is 6. The monoisotopic (exact) mass is 445 g/mol. The van der Waals surface area contributed by atoms with E-state index in [1.165, 1.54) is 0 Å². The summed E-state index contributed by atoms with van der Waals surface area (Å²) in [4.78, 5) is 37.9. The molecular weight excluding hydrogens is 422 g/mol. The van der Waals surface area contributed by atoms with E-state index in [1.807, 2.05) is 31.2 Å². The van der Waals surface area contributed by atoms with Crippen LogP contribution in [0.25, 0.3) is 22.9 Å². The minimum atomic E-state index is -0.889. The fraction of sp³-hybridized carbons (Fsp3) is 0.292. The predicted octanol–water partition coefficient (Wildman–Crippen LogP) is 3.61. The van der Waals surface area contributed by atoms with Crippen LogP contribution in [0, 0.1) is 6.92 Å². The molecular formula is C24H23N5O4. The molecule has 0 unspecified atom stereocenters. The zero-order valence-corrected chi connectivity index (χ0v) is 18.1. The van der Waals surface area contributed by atoms with Crippen molar-refractivity contribution in [1.29, 1.82) is 0 Å². The molecule has 4 amide bonds. The Morgan fingerprint density at radius 1 is 1.00 bits per heavy atom. The third kappa shape index (κ3) is 3.86. The maximum absolute atomic E-state index is 12.8. The van der Waals surface area contributed by atoms with Crippen LogP contribution in [0.1, 0.15) is 48.0 Å². The Labute approximate surface area is 190 Å². The first-order valence-electron chi connectivity index (χ1n) is 10.9. The number of benzene rings is 2. The van der Waals surface area contributed by atoms with Gasteiger partial charge in [0, 0.05) is 16.7 Å². The maximum atomic E-state index is 12.8. The van der Waals surface area contributed by atoms with Crippen LogP contribution in [-0.2, 0) is 4.79 Å². The highest BCUT2D eigenvalue weighted by molar-refractivity contribution is 6.09. The number of urea groups is 1. The van der Waals surface area contributed by atoms with Gasteiger partial charge < -0.3 is 9.73 Å². The van der Waals surface area contributed by atoms with E-state index >= 15 is 0 Å². The number of carbonyl (C=O) groups is 3. The van der Waals surface area contributed by atoms with Crippen LogP contribution in [-0.4, -0.2) is 38.6 Å². The van der Waals surface area contributed by atoms with Gasteiger partial charge in [-0.15, -0.1) is 10.2 Å². The number of nitrogens with zero attached hydrogens (tertiary/aromatic N) is 3. The summed E-state index contributed by atoms with van der Waals surface area (Å²) in [6.07, 6.45) is 3.96. The first-order valence-corrected chi connectivity index (χ1v) is 10.9. The highest BCUT2D eigenvalue weighted by atomic mass is 16.4. The van der Waals surface area contributed by atoms with Crippen molar-refractivity contribution in [3.63, 3.8) is 0 Å². The van der Waals surface area contributed by atoms with E-state index in [0.717, 1.165) is 35.4 Å². The van der Waals surface area contributed by atoms with E-state index in [9.17, 15) is 14.4 Å². The number of rotatable bonds is 4. The van der Waals surface area contributed by atoms with Crippen LogP contribution in [0.4, 0.5) is 4.79 Å². The summed E-state index contributed by atoms with van der Waals surface area (Å²) in [6, 6.07) is 13.7. The molecule has 1 aliphatic carbocycles. The van der Waals surface area contributed by atoms with Crippen molar-refractivity contribution in [3.05, 3.63) is 59.7 Å². The fourth-order valence-corrected chi connectivity index (χ4v) is 4.38. The lowest BCUT2D eigenvalue weighted by atomic mass is 9.82. The Hall–Kier alpha value is -4.01. The Morgan fingerprint density at radius 3 is 2.39 bits per heavy atom. The van der Waals surface area contributed by atoms with Gasteiger partial charge in [0.25, 0.3) is 11.8 Å². The van der Waals surface area contributed by atoms with Crippen molar-refractivity contribution in [2.24, 2.45) is 0 Å². The maximum Gasteiger partial charge on any atom is 0.344 e. The highest BCUT2D eigenvalue weighted by Gasteiger charge is 2.52. The number of aromatic nitrogens is 2. The van der Waals surface area contributed by atoms with Gasteiger partial charge in [0.15, 0.2) is 0 Å². The van der Waals surface area contributed by atoms with Crippen molar-refractivity contribution < 1.29 is 18.8 Å². The van der Waals surface area contributed by atoms with E-state index in [0.29, 0.717) is 35.7 Å². The highest BCUT2D eigenvalue weighted by Crippen LogP contribution is 2.33. The van der Waals surface area contributed by atoms with Gasteiger partial charge in [-0.25, -0.2) is 4.79 Å². The van der Waals surface area contributed by atoms with E-state index in [4.69, 9.17) is 4.42 Å². The van der Waals surface area contributed by atoms with Crippen molar-refractivity contribution in [2.75, 3.05) is 0 Å². The smallest absolute Gasteiger partial charge is 0.344 e. The molecule has 1 saturated heterocycles. The molecule has 2 aromatic carbocycles. The molecule has 2 heterocycles. The second-order valence-corrected chi connectivity index (χ2v) is 8.51. The SMILES string of the molecule is Cc1cccc(-c2nnc(-c3ccc(C(=O)NN4C(=O)NC5(CCCCC5)C4=O)cc3)o2)c1. The molecule has 0 bridgehead atoms. The topological polar surface area (TPSA) is 117 Å². The van der Waals surface area contributed by atoms with E-state index in [1.54, 1.807) is 24.3 Å². The van der Waals surface area contributed by atoms with Crippen molar-refractivity contribution in [3.8, 4) is 22.9 Å². The van der Waals surface area contributed by atoms with E-state index < -0.39 is 23.4 Å². The first-order chi connectivity index (χ1) is 15.9. The molecule has 2 aliphatic rings. The largest absolute Gasteiger partial charge is 0.416 e. The second-order valence-electron chi connectivity index (χ2n) is 8.51. The van der Waals surface area contributed by atoms with Crippen molar-refractivity contribution >= 4 is 17.8 Å². The molecule has 2 fully saturated rings. The molecule has 0 atom stereocenters. The summed E-state index contributed by atoms with van der Waals surface area (Å²) in [7, 11) is 0. The molecule has 1 aromatic heterocycles. The van der Waals surface area contributed by atoms with Crippen LogP contribution >= 0.6 is 0 Å². The second kappa shape index (κ2) is 8.16. The average molecular weight is 445 g/mol. The first kappa shape index (κ1) is 20.9. The number of carbonyl (C=O) groups excluding carboxylic acids is 3. The van der Waals surface area contributed by atoms with Gasteiger partial charge in [0.05, 0.1) is 0 Å². The van der Waals surface area contributed by atoms with E-state index in [-0.39, 0.29) is 0 Å². The van der Waals surface area contributed by atoms with Gasteiger partial charge >= 0.3 is 6.03 Å². The Bertz CT molecular complexity index is 1230. The Balaban J connectivity index is 1.28. The molecule has 33 heavy (non-hydrogen) atoms. The normalized spacial score (nSPS) is 17.3. The quantitative estimate of drug-likeness (QED) is 0.593. The molecule has 168 valence electrons. The van der Waals surface area contributed by atoms with Crippen LogP contribution in [0.5, 0.6) is 0 Å². The lowest BCUT2D eigenvalue weighted by Crippen LogP contribution is -2.50. The van der Waals surface area contributed by atoms with Gasteiger partial charge in [-0.2, -0.15) is 5.01 Å². The summed E-state index contributed by atoms with van der Waals surface area (Å²) in [5, 5.41) is 11.8. The Morgan fingerprint density at radius 2 is 1.70 bits per heavy atom. The number of imide groups is 1. The minimum absolute atomic E-state index is 0.294. The fourth-order valence-electron chi connectivity index (χ4n) is 4.38. The molecule has 9 heteroatoms. The third-order valence-electron chi connectivity index (χ3n) is 6.17. The zero-order valence-electron chi connectivity index (χ0n) is 18.1. The van der Waals surface area contributed by atoms with Crippen LogP contribution < -0.4 is 10.7 Å². The summed E-state index contributed by atoms with van der Waals surface area (Å²) in [6.45, 7) is 1.98.